The lowest BCUT2D eigenvalue weighted by Gasteiger charge is -2.32. The molecule has 9 heteroatoms. The summed E-state index contributed by atoms with van der Waals surface area (Å²) in [4.78, 5) is 18.7. The predicted octanol–water partition coefficient (Wildman–Crippen LogP) is 2.47. The largest absolute Gasteiger partial charge is 0.416 e. The second kappa shape index (κ2) is 11.0. The maximum Gasteiger partial charge on any atom is 0.416 e. The van der Waals surface area contributed by atoms with Crippen molar-refractivity contribution < 1.29 is 18.0 Å². The van der Waals surface area contributed by atoms with E-state index in [0.717, 1.165) is 44.6 Å². The highest BCUT2D eigenvalue weighted by Gasteiger charge is 2.30. The average Bonchev–Trinajstić information content (AvgIpc) is 2.71. The van der Waals surface area contributed by atoms with Crippen LogP contribution in [0, 0.1) is 0 Å². The fraction of sp³-hybridized carbons (Fsp3) is 0.600. The molecule has 0 unspecified atom stereocenters. The highest BCUT2D eigenvalue weighted by Crippen LogP contribution is 2.29. The van der Waals surface area contributed by atoms with Crippen LogP contribution in [-0.2, 0) is 6.18 Å². The number of likely N-dealkylation sites (tertiary alicyclic amines) is 1. The number of alkyl halides is 3. The van der Waals surface area contributed by atoms with Gasteiger partial charge in [0, 0.05) is 44.8 Å². The monoisotopic (exact) mass is 413 g/mol. The topological polar surface area (TPSA) is 68.8 Å². The first-order valence-corrected chi connectivity index (χ1v) is 9.98. The molecular formula is C20H30F3N5O. The lowest BCUT2D eigenvalue weighted by molar-refractivity contribution is -0.137. The summed E-state index contributed by atoms with van der Waals surface area (Å²) in [5, 5.41) is 9.24. The number of carbonyl (C=O) groups excluding carboxylic acids is 1. The van der Waals surface area contributed by atoms with E-state index in [-0.39, 0.29) is 5.56 Å². The fourth-order valence-electron chi connectivity index (χ4n) is 3.27. The second-order valence-corrected chi connectivity index (χ2v) is 7.09. The number of piperidine rings is 1. The third kappa shape index (κ3) is 7.56. The Morgan fingerprint density at radius 3 is 2.31 bits per heavy atom. The Labute approximate surface area is 169 Å². The third-order valence-electron chi connectivity index (χ3n) is 4.87. The van der Waals surface area contributed by atoms with Gasteiger partial charge in [0.2, 0.25) is 0 Å². The first kappa shape index (κ1) is 23.0. The molecule has 0 bridgehead atoms. The fourth-order valence-corrected chi connectivity index (χ4v) is 3.27. The Hall–Kier alpha value is -2.29. The lowest BCUT2D eigenvalue weighted by atomic mass is 10.1. The zero-order valence-electron chi connectivity index (χ0n) is 17.0. The quantitative estimate of drug-likeness (QED) is 0.365. The number of carbonyl (C=O) groups is 1. The van der Waals surface area contributed by atoms with E-state index in [0.29, 0.717) is 25.1 Å². The van der Waals surface area contributed by atoms with Gasteiger partial charge in [0.05, 0.1) is 5.56 Å². The highest BCUT2D eigenvalue weighted by atomic mass is 19.4. The summed E-state index contributed by atoms with van der Waals surface area (Å²) < 4.78 is 37.7. The molecule has 0 radical (unpaired) electrons. The zero-order valence-corrected chi connectivity index (χ0v) is 17.0. The number of nitrogens with zero attached hydrogens (tertiary/aromatic N) is 2. The van der Waals surface area contributed by atoms with Gasteiger partial charge in [-0.1, -0.05) is 6.92 Å². The van der Waals surface area contributed by atoms with Crippen molar-refractivity contribution >= 4 is 11.9 Å². The number of nitrogens with one attached hydrogen (secondary N) is 3. The molecule has 3 N–H and O–H groups in total. The van der Waals surface area contributed by atoms with Gasteiger partial charge in [-0.05, 0) is 50.1 Å². The molecule has 1 aliphatic rings. The summed E-state index contributed by atoms with van der Waals surface area (Å²) in [6.07, 6.45) is -1.12. The summed E-state index contributed by atoms with van der Waals surface area (Å²) in [6.45, 7) is 6.26. The molecule has 29 heavy (non-hydrogen) atoms. The van der Waals surface area contributed by atoms with Crippen LogP contribution in [0.4, 0.5) is 13.2 Å². The van der Waals surface area contributed by atoms with Crippen molar-refractivity contribution in [3.63, 3.8) is 0 Å². The average molecular weight is 413 g/mol. The number of aliphatic imine (C=N–C) groups is 1. The van der Waals surface area contributed by atoms with E-state index in [1.165, 1.54) is 18.6 Å². The molecule has 1 aliphatic heterocycles. The third-order valence-corrected chi connectivity index (χ3v) is 4.87. The molecule has 6 nitrogen and oxygen atoms in total. The van der Waals surface area contributed by atoms with Crippen LogP contribution < -0.4 is 16.0 Å². The van der Waals surface area contributed by atoms with Crippen LogP contribution in [0.3, 0.4) is 0 Å². The van der Waals surface area contributed by atoms with Crippen LogP contribution >= 0.6 is 0 Å². The number of hydrogen-bond donors (Lipinski definition) is 3. The molecule has 162 valence electrons. The maximum atomic E-state index is 12.6. The minimum Gasteiger partial charge on any atom is -0.355 e. The number of halogens is 3. The van der Waals surface area contributed by atoms with E-state index in [2.05, 4.69) is 32.8 Å². The van der Waals surface area contributed by atoms with Crippen LogP contribution in [0.1, 0.15) is 42.1 Å². The molecule has 2 rings (SSSR count). The van der Waals surface area contributed by atoms with E-state index < -0.39 is 17.6 Å². The van der Waals surface area contributed by atoms with Gasteiger partial charge >= 0.3 is 6.18 Å². The van der Waals surface area contributed by atoms with Crippen LogP contribution in [0.25, 0.3) is 0 Å². The molecule has 1 heterocycles. The molecule has 1 fully saturated rings. The minimum atomic E-state index is -4.41. The van der Waals surface area contributed by atoms with E-state index in [9.17, 15) is 18.0 Å². The van der Waals surface area contributed by atoms with Crippen molar-refractivity contribution in [3.8, 4) is 0 Å². The van der Waals surface area contributed by atoms with Crippen LogP contribution in [0.15, 0.2) is 29.3 Å². The van der Waals surface area contributed by atoms with E-state index in [1.807, 2.05) is 0 Å². The van der Waals surface area contributed by atoms with Crippen molar-refractivity contribution in [1.82, 2.24) is 20.9 Å². The molecule has 0 aliphatic carbocycles. The lowest BCUT2D eigenvalue weighted by Crippen LogP contribution is -2.49. The Kier molecular flexibility index (Phi) is 8.75. The zero-order chi connectivity index (χ0) is 21.3. The first-order chi connectivity index (χ1) is 13.8. The van der Waals surface area contributed by atoms with Gasteiger partial charge in [-0.15, -0.1) is 0 Å². The van der Waals surface area contributed by atoms with Crippen molar-refractivity contribution in [2.75, 3.05) is 39.8 Å². The summed E-state index contributed by atoms with van der Waals surface area (Å²) in [5.74, 6) is 0.273. The number of guanidine groups is 1. The highest BCUT2D eigenvalue weighted by molar-refractivity contribution is 5.94. The standard InChI is InChI=1S/C20H30F3N5O/c1-3-12-28-13-8-17(9-14-28)27-19(24-2)26-11-10-25-18(29)15-4-6-16(7-5-15)20(21,22)23/h4-7,17H,3,8-14H2,1-2H3,(H,25,29)(H2,24,26,27). The number of benzene rings is 1. The Balaban J connectivity index is 1.68. The number of hydrogen-bond acceptors (Lipinski definition) is 3. The van der Waals surface area contributed by atoms with Gasteiger partial charge in [-0.25, -0.2) is 0 Å². The minimum absolute atomic E-state index is 0.194. The number of rotatable bonds is 7. The molecule has 0 spiro atoms. The van der Waals surface area contributed by atoms with Crippen LogP contribution in [0.5, 0.6) is 0 Å². The van der Waals surface area contributed by atoms with Gasteiger partial charge in [0.25, 0.3) is 5.91 Å². The van der Waals surface area contributed by atoms with Crippen molar-refractivity contribution in [1.29, 1.82) is 0 Å². The SMILES string of the molecule is CCCN1CCC(NC(=NC)NCCNC(=O)c2ccc(C(F)(F)F)cc2)CC1. The predicted molar refractivity (Wildman–Crippen MR) is 108 cm³/mol. The summed E-state index contributed by atoms with van der Waals surface area (Å²) in [5.41, 5.74) is -0.578. The first-order valence-electron chi connectivity index (χ1n) is 9.98. The van der Waals surface area contributed by atoms with E-state index in [1.54, 1.807) is 7.05 Å². The molecule has 1 aromatic rings. The Morgan fingerprint density at radius 1 is 1.14 bits per heavy atom. The molecule has 1 amide bonds. The summed E-state index contributed by atoms with van der Waals surface area (Å²) in [7, 11) is 1.70. The van der Waals surface area contributed by atoms with Gasteiger partial charge in [-0.2, -0.15) is 13.2 Å². The van der Waals surface area contributed by atoms with E-state index >= 15 is 0 Å². The van der Waals surface area contributed by atoms with Gasteiger partial charge in [0.1, 0.15) is 0 Å². The Bertz CT molecular complexity index is 668. The number of amides is 1. The van der Waals surface area contributed by atoms with Gasteiger partial charge < -0.3 is 20.9 Å². The molecule has 0 atom stereocenters. The van der Waals surface area contributed by atoms with Gasteiger partial charge in [0.15, 0.2) is 5.96 Å². The van der Waals surface area contributed by atoms with Crippen molar-refractivity contribution in [3.05, 3.63) is 35.4 Å². The normalized spacial score (nSPS) is 16.5. The molecular weight excluding hydrogens is 383 g/mol. The summed E-state index contributed by atoms with van der Waals surface area (Å²) >= 11 is 0. The molecule has 0 saturated carbocycles. The van der Waals surface area contributed by atoms with Gasteiger partial charge in [-0.3, -0.25) is 9.79 Å². The second-order valence-electron chi connectivity index (χ2n) is 7.09. The van der Waals surface area contributed by atoms with Crippen LogP contribution in [0.2, 0.25) is 0 Å². The molecule has 1 aromatic carbocycles. The summed E-state index contributed by atoms with van der Waals surface area (Å²) in [6, 6.07) is 4.54. The molecule has 0 aromatic heterocycles. The maximum absolute atomic E-state index is 12.6. The van der Waals surface area contributed by atoms with E-state index in [4.69, 9.17) is 0 Å². The van der Waals surface area contributed by atoms with Crippen molar-refractivity contribution in [2.45, 2.75) is 38.4 Å². The van der Waals surface area contributed by atoms with Crippen LogP contribution in [-0.4, -0.2) is 62.6 Å². The molecule has 1 saturated heterocycles. The smallest absolute Gasteiger partial charge is 0.355 e. The van der Waals surface area contributed by atoms with Crippen molar-refractivity contribution in [2.24, 2.45) is 4.99 Å². The Morgan fingerprint density at radius 2 is 1.76 bits per heavy atom.